The largest absolute Gasteiger partial charge is 0.741 e. The summed E-state index contributed by atoms with van der Waals surface area (Å²) in [5.41, 5.74) is -3.04. The number of hydrogen-bond donors (Lipinski definition) is 0. The predicted molar refractivity (Wildman–Crippen MR) is 153 cm³/mol. The normalized spacial score (nSPS) is 51.5. The van der Waals surface area contributed by atoms with Crippen molar-refractivity contribution in [2.45, 2.75) is 135 Å². The van der Waals surface area contributed by atoms with E-state index in [1.807, 2.05) is 0 Å². The highest BCUT2D eigenvalue weighted by Gasteiger charge is 2.73. The van der Waals surface area contributed by atoms with Gasteiger partial charge in [0, 0.05) is 11.8 Å². The Kier molecular flexibility index (Phi) is 6.93. The molecule has 6 aliphatic carbocycles. The second kappa shape index (κ2) is 8.84. The minimum absolute atomic E-state index is 0.506. The third-order valence-electron chi connectivity index (χ3n) is 14.7. The molecule has 2 spiro atoms. The van der Waals surface area contributed by atoms with Crippen molar-refractivity contribution in [2.75, 3.05) is 0 Å². The van der Waals surface area contributed by atoms with Gasteiger partial charge >= 0.3 is 5.51 Å². The number of halogens is 3. The Bertz CT molecular complexity index is 1040. The molecule has 39 heavy (non-hydrogen) atoms. The fourth-order valence-corrected chi connectivity index (χ4v) is 16.6. The summed E-state index contributed by atoms with van der Waals surface area (Å²) < 4.78 is 58.9. The van der Waals surface area contributed by atoms with Gasteiger partial charge in [-0.1, -0.05) is 41.5 Å². The summed E-state index contributed by atoms with van der Waals surface area (Å²) in [6, 6.07) is 0. The summed E-state index contributed by atoms with van der Waals surface area (Å²) in [4.78, 5) is 0. The molecule has 226 valence electrons. The molecule has 6 fully saturated rings. The van der Waals surface area contributed by atoms with E-state index in [4.69, 9.17) is 13.0 Å². The standard InChI is InChI=1S/C30H51P.CHF3O3S/c1-19-9-11-21-25(3,4)23-17-29(19,21)15-13-27(23,7)31-28(8)14-16-30-18-24(28)26(5,6)22(30)12-10-20(30)2;2-1(3,4)8(5,6)7/h19-24,31H,9-18H2,1-8H3;(H,5,6,7)/t19-,20-,21+,22+,23-,24-,27+,28+,29+,30+;/m1./s1. The van der Waals surface area contributed by atoms with Gasteiger partial charge in [-0.15, -0.1) is 0 Å². The van der Waals surface area contributed by atoms with Crippen molar-refractivity contribution in [3.05, 3.63) is 0 Å². The van der Waals surface area contributed by atoms with E-state index >= 15 is 0 Å². The molecule has 0 aromatic rings. The zero-order valence-electron chi connectivity index (χ0n) is 25.4. The van der Waals surface area contributed by atoms with Crippen LogP contribution in [-0.2, 0) is 10.1 Å². The highest BCUT2D eigenvalue weighted by Crippen LogP contribution is 2.80. The minimum atomic E-state index is -6.09. The van der Waals surface area contributed by atoms with Crippen molar-refractivity contribution in [1.82, 2.24) is 0 Å². The van der Waals surface area contributed by atoms with Crippen LogP contribution in [0, 0.1) is 57.2 Å². The van der Waals surface area contributed by atoms with E-state index in [-0.39, 0.29) is 0 Å². The molecule has 0 aromatic heterocycles. The molecule has 8 heteroatoms. The van der Waals surface area contributed by atoms with Crippen LogP contribution < -0.4 is 0 Å². The summed E-state index contributed by atoms with van der Waals surface area (Å²) in [7, 11) is -5.58. The number of alkyl halides is 3. The van der Waals surface area contributed by atoms with Crippen LogP contribution in [0.25, 0.3) is 0 Å². The first-order valence-corrected chi connectivity index (χ1v) is 18.0. The molecule has 10 atom stereocenters. The summed E-state index contributed by atoms with van der Waals surface area (Å²) >= 11 is 0. The van der Waals surface area contributed by atoms with E-state index < -0.39 is 15.6 Å². The van der Waals surface area contributed by atoms with Crippen molar-refractivity contribution in [3.8, 4) is 0 Å². The lowest BCUT2D eigenvalue weighted by Crippen LogP contribution is -2.48. The van der Waals surface area contributed by atoms with Crippen molar-refractivity contribution >= 4 is 18.7 Å². The molecule has 0 amide bonds. The van der Waals surface area contributed by atoms with Crippen molar-refractivity contribution in [1.29, 1.82) is 0 Å². The summed E-state index contributed by atoms with van der Waals surface area (Å²) in [5.74, 6) is 6.00. The molecule has 0 aliphatic heterocycles. The zero-order valence-corrected chi connectivity index (χ0v) is 27.4. The molecule has 0 heterocycles. The van der Waals surface area contributed by atoms with Crippen LogP contribution in [0.4, 0.5) is 13.2 Å². The molecule has 0 unspecified atom stereocenters. The molecule has 6 aliphatic rings. The number of rotatable bonds is 2. The monoisotopic (exact) mass is 592 g/mol. The highest BCUT2D eigenvalue weighted by molar-refractivity contribution is 7.86. The molecule has 0 aromatic carbocycles. The van der Waals surface area contributed by atoms with Gasteiger partial charge < -0.3 is 4.55 Å². The molecule has 0 radical (unpaired) electrons. The Morgan fingerprint density at radius 3 is 1.31 bits per heavy atom. The first-order chi connectivity index (χ1) is 17.6. The minimum Gasteiger partial charge on any atom is -0.741 e. The molecular formula is C31H52F3O3PS. The first kappa shape index (κ1) is 30.6. The SMILES string of the molecule is C[C@@H]1CC[C@H]2C(C)(C)[C@H]3C[C@@]12CC[C@]3(C)[PH2+][C@@]1(C)CC[C@@]23C[C@@H]1C(C)(C)[C@@H]2CC[C@H]3C.O=S(=O)([O-])C(F)(F)F. The Balaban J connectivity index is 0.000000339. The third-order valence-corrected chi connectivity index (χ3v) is 17.9. The summed E-state index contributed by atoms with van der Waals surface area (Å²) in [5, 5.41) is 1.30. The van der Waals surface area contributed by atoms with Crippen LogP contribution >= 0.6 is 8.58 Å². The Morgan fingerprint density at radius 1 is 0.667 bits per heavy atom. The van der Waals surface area contributed by atoms with Crippen LogP contribution in [0.5, 0.6) is 0 Å². The van der Waals surface area contributed by atoms with Gasteiger partial charge in [0.05, 0.1) is 10.3 Å². The second-order valence-electron chi connectivity index (χ2n) is 16.7. The molecule has 0 N–H and O–H groups in total. The molecule has 0 saturated heterocycles. The third kappa shape index (κ3) is 4.18. The molecule has 6 rings (SSSR count). The van der Waals surface area contributed by atoms with E-state index in [1.54, 1.807) is 38.5 Å². The van der Waals surface area contributed by atoms with Crippen molar-refractivity contribution in [3.63, 3.8) is 0 Å². The lowest BCUT2D eigenvalue weighted by molar-refractivity contribution is -0.0517. The van der Waals surface area contributed by atoms with Crippen molar-refractivity contribution in [2.24, 2.45) is 57.2 Å². The van der Waals surface area contributed by atoms with Crippen LogP contribution in [0.3, 0.4) is 0 Å². The van der Waals surface area contributed by atoms with Gasteiger partial charge in [-0.2, -0.15) is 13.2 Å². The van der Waals surface area contributed by atoms with E-state index in [2.05, 4.69) is 55.4 Å². The lowest BCUT2D eigenvalue weighted by atomic mass is 9.65. The average Bonchev–Trinajstić information content (AvgIpc) is 3.41. The van der Waals surface area contributed by atoms with E-state index in [0.717, 1.165) is 46.3 Å². The average molecular weight is 593 g/mol. The van der Waals surface area contributed by atoms with Crippen LogP contribution in [0.15, 0.2) is 0 Å². The van der Waals surface area contributed by atoms with Gasteiger partial charge in [-0.3, -0.25) is 0 Å². The maximum Gasteiger partial charge on any atom is 0.485 e. The fourth-order valence-electron chi connectivity index (χ4n) is 13.0. The van der Waals surface area contributed by atoms with Gasteiger partial charge in [0.2, 0.25) is 0 Å². The summed E-state index contributed by atoms with van der Waals surface area (Å²) in [6.07, 6.45) is 15.5. The molecular weight excluding hydrogens is 540 g/mol. The maximum absolute atomic E-state index is 10.7. The summed E-state index contributed by atoms with van der Waals surface area (Å²) in [6.45, 7) is 21.7. The predicted octanol–water partition coefficient (Wildman–Crippen LogP) is 8.71. The molecule has 4 bridgehead atoms. The topological polar surface area (TPSA) is 57.2 Å². The number of hydrogen-bond acceptors (Lipinski definition) is 3. The molecule has 3 nitrogen and oxygen atoms in total. The number of fused-ring (bicyclic) bond motifs is 2. The highest BCUT2D eigenvalue weighted by atomic mass is 32.2. The van der Waals surface area contributed by atoms with E-state index in [9.17, 15) is 13.2 Å². The van der Waals surface area contributed by atoms with Crippen LogP contribution in [0.1, 0.15) is 120 Å². The molecule has 6 saturated carbocycles. The zero-order chi connectivity index (χ0) is 29.2. The van der Waals surface area contributed by atoms with Crippen LogP contribution in [0.2, 0.25) is 0 Å². The van der Waals surface area contributed by atoms with Gasteiger partial charge in [0.1, 0.15) is 0 Å². The quantitative estimate of drug-likeness (QED) is 0.183. The van der Waals surface area contributed by atoms with Crippen molar-refractivity contribution < 1.29 is 26.1 Å². The lowest BCUT2D eigenvalue weighted by Gasteiger charge is -2.51. The Morgan fingerprint density at radius 2 is 1.00 bits per heavy atom. The maximum atomic E-state index is 10.7. The van der Waals surface area contributed by atoms with Gasteiger partial charge in [-0.05, 0) is 132 Å². The Labute approximate surface area is 237 Å². The van der Waals surface area contributed by atoms with E-state index in [0.29, 0.717) is 29.7 Å². The van der Waals surface area contributed by atoms with Gasteiger partial charge in [0.15, 0.2) is 10.1 Å². The smallest absolute Gasteiger partial charge is 0.485 e. The fraction of sp³-hybridized carbons (Fsp3) is 1.00. The van der Waals surface area contributed by atoms with Gasteiger partial charge in [-0.25, -0.2) is 8.42 Å². The second-order valence-corrected chi connectivity index (χ2v) is 21.0. The van der Waals surface area contributed by atoms with Gasteiger partial charge in [0.25, 0.3) is 0 Å². The Hall–Kier alpha value is 0.130. The first-order valence-electron chi connectivity index (χ1n) is 15.5. The van der Waals surface area contributed by atoms with Crippen LogP contribution in [-0.4, -0.2) is 28.8 Å². The van der Waals surface area contributed by atoms with E-state index in [1.165, 1.54) is 25.7 Å².